The molecule has 2 aliphatic rings. The van der Waals surface area contributed by atoms with E-state index in [2.05, 4.69) is 15.0 Å². The van der Waals surface area contributed by atoms with E-state index >= 15 is 0 Å². The van der Waals surface area contributed by atoms with Crippen LogP contribution in [-0.4, -0.2) is 48.1 Å². The van der Waals surface area contributed by atoms with E-state index in [0.717, 1.165) is 0 Å². The van der Waals surface area contributed by atoms with Crippen LogP contribution in [0, 0.1) is 11.3 Å². The van der Waals surface area contributed by atoms with Crippen molar-refractivity contribution in [1.29, 1.82) is 5.26 Å². The molecule has 2 aliphatic heterocycles. The van der Waals surface area contributed by atoms with Crippen molar-refractivity contribution in [1.82, 2.24) is 15.2 Å². The zero-order valence-electron chi connectivity index (χ0n) is 18.7. The topological polar surface area (TPSA) is 110 Å². The Morgan fingerprint density at radius 1 is 1.25 bits per heavy atom. The Hall–Kier alpha value is -4.24. The molecular weight excluding hydrogens is 481 g/mol. The summed E-state index contributed by atoms with van der Waals surface area (Å²) in [6.45, 7) is 0.845. The quantitative estimate of drug-likeness (QED) is 0.536. The summed E-state index contributed by atoms with van der Waals surface area (Å²) >= 11 is 0. The van der Waals surface area contributed by atoms with Gasteiger partial charge >= 0.3 is 12.4 Å². The summed E-state index contributed by atoms with van der Waals surface area (Å²) in [5, 5.41) is 12.0. The van der Waals surface area contributed by atoms with Crippen LogP contribution in [0.1, 0.15) is 23.4 Å². The number of nitrogens with one attached hydrogen (secondary N) is 1. The Morgan fingerprint density at radius 3 is 2.86 bits per heavy atom. The maximum atomic E-state index is 12.9. The number of carbonyl (C=O) groups is 1. The van der Waals surface area contributed by atoms with E-state index in [4.69, 9.17) is 13.9 Å². The number of urea groups is 1. The molecule has 36 heavy (non-hydrogen) atoms. The third kappa shape index (κ3) is 5.06. The summed E-state index contributed by atoms with van der Waals surface area (Å²) in [5.41, 5.74) is 2.32. The Kier molecular flexibility index (Phi) is 6.15. The van der Waals surface area contributed by atoms with Crippen molar-refractivity contribution < 1.29 is 36.6 Å². The van der Waals surface area contributed by atoms with E-state index in [1.54, 1.807) is 24.4 Å². The van der Waals surface area contributed by atoms with Gasteiger partial charge in [0.05, 0.1) is 18.8 Å². The Morgan fingerprint density at radius 2 is 2.11 bits per heavy atom. The summed E-state index contributed by atoms with van der Waals surface area (Å²) in [7, 11) is 0. The SMILES string of the molecule is N#Cc1cccc2oc(CN3C=C(c4ccc(OC(F)(F)F)c(OC5CCOC5)c4)CNC3=O)nc12. The predicted octanol–water partition coefficient (Wildman–Crippen LogP) is 4.33. The molecule has 1 N–H and O–H groups in total. The van der Waals surface area contributed by atoms with E-state index in [0.29, 0.717) is 40.8 Å². The van der Waals surface area contributed by atoms with Gasteiger partial charge in [0, 0.05) is 19.2 Å². The molecule has 9 nitrogen and oxygen atoms in total. The number of halogens is 3. The molecule has 3 heterocycles. The second-order valence-electron chi connectivity index (χ2n) is 8.13. The predicted molar refractivity (Wildman–Crippen MR) is 119 cm³/mol. The molecule has 1 atom stereocenters. The molecule has 1 aromatic heterocycles. The number of rotatable bonds is 6. The molecule has 0 bridgehead atoms. The van der Waals surface area contributed by atoms with Gasteiger partial charge in [-0.3, -0.25) is 4.90 Å². The molecule has 2 aromatic carbocycles. The number of amides is 2. The maximum absolute atomic E-state index is 12.9. The maximum Gasteiger partial charge on any atom is 0.573 e. The number of oxazole rings is 1. The first kappa shape index (κ1) is 23.5. The summed E-state index contributed by atoms with van der Waals surface area (Å²) in [4.78, 5) is 18.2. The molecule has 186 valence electrons. The first-order valence-corrected chi connectivity index (χ1v) is 11.0. The number of alkyl halides is 3. The molecule has 12 heteroatoms. The smallest absolute Gasteiger partial charge is 0.484 e. The lowest BCUT2D eigenvalue weighted by Crippen LogP contribution is -2.41. The number of fused-ring (bicyclic) bond motifs is 1. The number of nitriles is 1. The van der Waals surface area contributed by atoms with E-state index in [1.165, 1.54) is 23.1 Å². The van der Waals surface area contributed by atoms with Gasteiger partial charge < -0.3 is 23.9 Å². The number of hydrogen-bond acceptors (Lipinski definition) is 7. The van der Waals surface area contributed by atoms with Crippen molar-refractivity contribution in [2.24, 2.45) is 0 Å². The summed E-state index contributed by atoms with van der Waals surface area (Å²) in [6, 6.07) is 10.7. The standard InChI is InChI=1S/C24H19F3N4O5/c25-24(26,27)36-18-5-4-14(8-20(18)34-17-6-7-33-13-17)16-10-29-23(32)31(11-16)12-21-30-22-15(9-28)2-1-3-19(22)35-21/h1-5,8,11,17H,6-7,10,12-13H2,(H,29,32). The third-order valence-electron chi connectivity index (χ3n) is 5.61. The highest BCUT2D eigenvalue weighted by atomic mass is 19.4. The lowest BCUT2D eigenvalue weighted by molar-refractivity contribution is -0.275. The monoisotopic (exact) mass is 500 g/mol. The summed E-state index contributed by atoms with van der Waals surface area (Å²) in [6.07, 6.45) is -3.17. The molecule has 1 unspecified atom stereocenters. The zero-order chi connectivity index (χ0) is 25.3. The Balaban J connectivity index is 1.43. The van der Waals surface area contributed by atoms with Crippen LogP contribution in [0.4, 0.5) is 18.0 Å². The van der Waals surface area contributed by atoms with Crippen LogP contribution in [0.15, 0.2) is 47.0 Å². The lowest BCUT2D eigenvalue weighted by atomic mass is 10.0. The normalized spacial score (nSPS) is 18.1. The van der Waals surface area contributed by atoms with Gasteiger partial charge in [-0.25, -0.2) is 9.78 Å². The molecule has 0 radical (unpaired) electrons. The number of nitrogens with zero attached hydrogens (tertiary/aromatic N) is 3. The van der Waals surface area contributed by atoms with E-state index in [-0.39, 0.29) is 31.3 Å². The fourth-order valence-corrected chi connectivity index (χ4v) is 3.95. The van der Waals surface area contributed by atoms with Crippen LogP contribution in [-0.2, 0) is 11.3 Å². The number of benzene rings is 2. The van der Waals surface area contributed by atoms with Crippen LogP contribution in [0.5, 0.6) is 11.5 Å². The van der Waals surface area contributed by atoms with E-state index in [1.807, 2.05) is 6.07 Å². The van der Waals surface area contributed by atoms with Crippen molar-refractivity contribution >= 4 is 22.7 Å². The Labute approximate surface area is 202 Å². The van der Waals surface area contributed by atoms with Crippen LogP contribution in [0.25, 0.3) is 16.7 Å². The molecule has 2 amide bonds. The van der Waals surface area contributed by atoms with Gasteiger partial charge in [-0.1, -0.05) is 12.1 Å². The van der Waals surface area contributed by atoms with Gasteiger partial charge in [-0.15, -0.1) is 13.2 Å². The van der Waals surface area contributed by atoms with Gasteiger partial charge in [0.15, 0.2) is 17.1 Å². The van der Waals surface area contributed by atoms with Crippen LogP contribution < -0.4 is 14.8 Å². The fourth-order valence-electron chi connectivity index (χ4n) is 3.95. The first-order chi connectivity index (χ1) is 17.3. The van der Waals surface area contributed by atoms with Crippen molar-refractivity contribution in [2.45, 2.75) is 25.4 Å². The molecule has 5 rings (SSSR count). The number of ether oxygens (including phenoxy) is 3. The molecule has 3 aromatic rings. The third-order valence-corrected chi connectivity index (χ3v) is 5.61. The van der Waals surface area contributed by atoms with Crippen molar-refractivity contribution in [3.05, 3.63) is 59.6 Å². The second-order valence-corrected chi connectivity index (χ2v) is 8.13. The highest BCUT2D eigenvalue weighted by Gasteiger charge is 2.33. The van der Waals surface area contributed by atoms with Crippen LogP contribution >= 0.6 is 0 Å². The number of carbonyl (C=O) groups excluding carboxylic acids is 1. The van der Waals surface area contributed by atoms with Gasteiger partial charge in [0.1, 0.15) is 24.2 Å². The number of aromatic nitrogens is 1. The van der Waals surface area contributed by atoms with Gasteiger partial charge in [-0.05, 0) is 35.4 Å². The molecule has 1 fully saturated rings. The molecule has 0 aliphatic carbocycles. The average molecular weight is 500 g/mol. The second kappa shape index (κ2) is 9.43. The summed E-state index contributed by atoms with van der Waals surface area (Å²) < 4.78 is 59.6. The average Bonchev–Trinajstić information content (AvgIpc) is 3.50. The van der Waals surface area contributed by atoms with Crippen LogP contribution in [0.3, 0.4) is 0 Å². The van der Waals surface area contributed by atoms with Gasteiger partial charge in [-0.2, -0.15) is 5.26 Å². The number of para-hydroxylation sites is 1. The highest BCUT2D eigenvalue weighted by Crippen LogP contribution is 2.36. The zero-order valence-corrected chi connectivity index (χ0v) is 18.7. The van der Waals surface area contributed by atoms with Crippen molar-refractivity contribution in [3.8, 4) is 17.6 Å². The van der Waals surface area contributed by atoms with E-state index in [9.17, 15) is 23.2 Å². The molecule has 1 saturated heterocycles. The highest BCUT2D eigenvalue weighted by molar-refractivity contribution is 5.84. The fraction of sp³-hybridized carbons (Fsp3) is 0.292. The Bertz CT molecular complexity index is 1370. The van der Waals surface area contributed by atoms with Crippen molar-refractivity contribution in [2.75, 3.05) is 19.8 Å². The molecule has 0 saturated carbocycles. The van der Waals surface area contributed by atoms with Crippen molar-refractivity contribution in [3.63, 3.8) is 0 Å². The lowest BCUT2D eigenvalue weighted by Gasteiger charge is -2.25. The van der Waals surface area contributed by atoms with Gasteiger partial charge in [0.2, 0.25) is 5.89 Å². The number of hydrogen-bond donors (Lipinski definition) is 1. The largest absolute Gasteiger partial charge is 0.573 e. The van der Waals surface area contributed by atoms with Gasteiger partial charge in [0.25, 0.3) is 0 Å². The van der Waals surface area contributed by atoms with Crippen LogP contribution in [0.2, 0.25) is 0 Å². The minimum atomic E-state index is -4.88. The minimum absolute atomic E-state index is 0.0209. The summed E-state index contributed by atoms with van der Waals surface area (Å²) in [5.74, 6) is -0.317. The van der Waals surface area contributed by atoms with E-state index < -0.39 is 24.2 Å². The minimum Gasteiger partial charge on any atom is -0.484 e. The molecule has 0 spiro atoms. The first-order valence-electron chi connectivity index (χ1n) is 11.0. The molecular formula is C24H19F3N4O5.